The number of benzene rings is 2. The summed E-state index contributed by atoms with van der Waals surface area (Å²) in [6, 6.07) is 15.2. The van der Waals surface area contributed by atoms with Crippen molar-refractivity contribution in [3.05, 3.63) is 59.1 Å². The number of hydrogen-bond donors (Lipinski definition) is 2. The third kappa shape index (κ3) is 4.97. The van der Waals surface area contributed by atoms with Crippen LogP contribution in [-0.4, -0.2) is 21.4 Å². The Morgan fingerprint density at radius 2 is 1.96 bits per heavy atom. The highest BCUT2D eigenvalue weighted by molar-refractivity contribution is 8.02. The first-order valence-corrected chi connectivity index (χ1v) is 9.98. The van der Waals surface area contributed by atoms with E-state index in [0.29, 0.717) is 10.2 Å². The lowest BCUT2D eigenvalue weighted by atomic mass is 10.2. The van der Waals surface area contributed by atoms with Crippen LogP contribution in [0.1, 0.15) is 12.5 Å². The summed E-state index contributed by atoms with van der Waals surface area (Å²) in [6.45, 7) is 3.77. The van der Waals surface area contributed by atoms with Crippen LogP contribution in [0.2, 0.25) is 5.02 Å². The van der Waals surface area contributed by atoms with Gasteiger partial charge < -0.3 is 10.6 Å². The van der Waals surface area contributed by atoms with Crippen molar-refractivity contribution in [3.8, 4) is 0 Å². The molecule has 0 unspecified atom stereocenters. The summed E-state index contributed by atoms with van der Waals surface area (Å²) in [7, 11) is 0. The maximum Gasteiger partial charge on any atom is 0.237 e. The predicted octanol–water partition coefficient (Wildman–Crippen LogP) is 5.36. The van der Waals surface area contributed by atoms with Crippen molar-refractivity contribution in [2.24, 2.45) is 0 Å². The summed E-state index contributed by atoms with van der Waals surface area (Å²) in [5.74, 6) is -0.104. The first kappa shape index (κ1) is 18.7. The molecule has 1 aromatic heterocycles. The monoisotopic (exact) mass is 404 g/mol. The van der Waals surface area contributed by atoms with Gasteiger partial charge in [0.25, 0.3) is 0 Å². The number of para-hydroxylation sites is 1. The highest BCUT2D eigenvalue weighted by Crippen LogP contribution is 2.31. The number of aromatic nitrogens is 2. The van der Waals surface area contributed by atoms with E-state index in [0.717, 1.165) is 21.3 Å². The van der Waals surface area contributed by atoms with Crippen LogP contribution < -0.4 is 10.6 Å². The minimum atomic E-state index is -0.314. The molecule has 3 aromatic rings. The van der Waals surface area contributed by atoms with Crippen molar-refractivity contribution in [1.29, 1.82) is 0 Å². The number of anilines is 3. The van der Waals surface area contributed by atoms with Crippen molar-refractivity contribution in [2.45, 2.75) is 23.4 Å². The fraction of sp³-hybridized carbons (Fsp3) is 0.167. The Hall–Kier alpha value is -2.09. The average Bonchev–Trinajstić information content (AvgIpc) is 3.05. The van der Waals surface area contributed by atoms with Crippen LogP contribution in [0.5, 0.6) is 0 Å². The number of carbonyl (C=O) groups excluding carboxylic acids is 1. The highest BCUT2D eigenvalue weighted by Gasteiger charge is 2.18. The Kier molecular flexibility index (Phi) is 6.13. The summed E-state index contributed by atoms with van der Waals surface area (Å²) in [4.78, 5) is 12.4. The molecule has 0 fully saturated rings. The summed E-state index contributed by atoms with van der Waals surface area (Å²) in [6.07, 6.45) is 0. The fourth-order valence-corrected chi connectivity index (χ4v) is 4.21. The van der Waals surface area contributed by atoms with Crippen molar-refractivity contribution >= 4 is 57.1 Å². The molecule has 0 spiro atoms. The number of nitrogens with zero attached hydrogens (tertiary/aromatic N) is 2. The molecule has 1 atom stereocenters. The fourth-order valence-electron chi connectivity index (χ4n) is 2.12. The van der Waals surface area contributed by atoms with Gasteiger partial charge in [-0.05, 0) is 43.7 Å². The Balaban J connectivity index is 1.60. The van der Waals surface area contributed by atoms with Gasteiger partial charge >= 0.3 is 0 Å². The van der Waals surface area contributed by atoms with Crippen LogP contribution in [0.15, 0.2) is 52.9 Å². The maximum atomic E-state index is 12.4. The number of aryl methyl sites for hydroxylation is 1. The first-order valence-electron chi connectivity index (χ1n) is 7.90. The standard InChI is InChI=1S/C18H17ClN4OS2/c1-11-8-9-13(19)10-15(11)21-16(24)12(2)25-18-23-22-17(26-18)20-14-6-4-3-5-7-14/h3-10,12H,1-2H3,(H,20,22)(H,21,24)/t12-/m0/s1. The van der Waals surface area contributed by atoms with E-state index in [1.54, 1.807) is 12.1 Å². The topological polar surface area (TPSA) is 66.9 Å². The molecule has 0 saturated heterocycles. The van der Waals surface area contributed by atoms with Gasteiger partial charge in [-0.2, -0.15) is 0 Å². The Morgan fingerprint density at radius 1 is 1.19 bits per heavy atom. The van der Waals surface area contributed by atoms with Gasteiger partial charge in [0.1, 0.15) is 0 Å². The second-order valence-electron chi connectivity index (χ2n) is 5.57. The number of carbonyl (C=O) groups is 1. The molecule has 1 heterocycles. The predicted molar refractivity (Wildman–Crippen MR) is 110 cm³/mol. The van der Waals surface area contributed by atoms with Gasteiger partial charge in [0.05, 0.1) is 5.25 Å². The SMILES string of the molecule is Cc1ccc(Cl)cc1NC(=O)[C@H](C)Sc1nnc(Nc2ccccc2)s1. The zero-order chi connectivity index (χ0) is 18.5. The number of hydrogen-bond acceptors (Lipinski definition) is 6. The summed E-state index contributed by atoms with van der Waals surface area (Å²) < 4.78 is 0.730. The van der Waals surface area contributed by atoms with Gasteiger partial charge in [-0.25, -0.2) is 0 Å². The van der Waals surface area contributed by atoms with Gasteiger partial charge in [-0.1, -0.05) is 59.0 Å². The lowest BCUT2D eigenvalue weighted by Crippen LogP contribution is -2.22. The molecule has 26 heavy (non-hydrogen) atoms. The van der Waals surface area contributed by atoms with Gasteiger partial charge in [-0.3, -0.25) is 4.79 Å². The number of amides is 1. The van der Waals surface area contributed by atoms with Crippen molar-refractivity contribution in [2.75, 3.05) is 10.6 Å². The van der Waals surface area contributed by atoms with Crippen LogP contribution in [0, 0.1) is 6.92 Å². The van der Waals surface area contributed by atoms with Gasteiger partial charge in [-0.15, -0.1) is 10.2 Å². The molecule has 0 bridgehead atoms. The van der Waals surface area contributed by atoms with Gasteiger partial charge in [0.2, 0.25) is 11.0 Å². The smallest absolute Gasteiger partial charge is 0.237 e. The molecular weight excluding hydrogens is 388 g/mol. The molecule has 134 valence electrons. The third-order valence-electron chi connectivity index (χ3n) is 3.54. The second kappa shape index (κ2) is 8.53. The maximum absolute atomic E-state index is 12.4. The molecule has 0 aliphatic carbocycles. The lowest BCUT2D eigenvalue weighted by Gasteiger charge is -2.12. The number of rotatable bonds is 6. The molecule has 8 heteroatoms. The molecule has 2 N–H and O–H groups in total. The molecule has 0 aliphatic heterocycles. The highest BCUT2D eigenvalue weighted by atomic mass is 35.5. The largest absolute Gasteiger partial charge is 0.330 e. The van der Waals surface area contributed by atoms with E-state index in [-0.39, 0.29) is 11.2 Å². The van der Waals surface area contributed by atoms with E-state index in [2.05, 4.69) is 20.8 Å². The van der Waals surface area contributed by atoms with Gasteiger partial charge in [0.15, 0.2) is 4.34 Å². The van der Waals surface area contributed by atoms with Crippen LogP contribution in [0.4, 0.5) is 16.5 Å². The molecular formula is C18H17ClN4OS2. The van der Waals surface area contributed by atoms with E-state index in [4.69, 9.17) is 11.6 Å². The zero-order valence-corrected chi connectivity index (χ0v) is 16.6. The minimum absolute atomic E-state index is 0.104. The van der Waals surface area contributed by atoms with Crippen LogP contribution in [-0.2, 0) is 4.79 Å². The first-order chi connectivity index (χ1) is 12.5. The summed E-state index contributed by atoms with van der Waals surface area (Å²) in [5, 5.41) is 15.3. The number of thioether (sulfide) groups is 1. The van der Waals surface area contributed by atoms with E-state index in [1.165, 1.54) is 23.1 Å². The quantitative estimate of drug-likeness (QED) is 0.541. The van der Waals surface area contributed by atoms with E-state index in [1.807, 2.05) is 50.2 Å². The molecule has 0 aliphatic rings. The third-order valence-corrected chi connectivity index (χ3v) is 5.79. The molecule has 0 saturated carbocycles. The number of nitrogens with one attached hydrogen (secondary N) is 2. The average molecular weight is 405 g/mol. The van der Waals surface area contributed by atoms with E-state index < -0.39 is 0 Å². The summed E-state index contributed by atoms with van der Waals surface area (Å²) >= 11 is 8.78. The molecule has 3 rings (SSSR count). The van der Waals surface area contributed by atoms with Crippen LogP contribution in [0.25, 0.3) is 0 Å². The van der Waals surface area contributed by atoms with Crippen molar-refractivity contribution in [3.63, 3.8) is 0 Å². The second-order valence-corrected chi connectivity index (χ2v) is 8.57. The van der Waals surface area contributed by atoms with E-state index in [9.17, 15) is 4.79 Å². The van der Waals surface area contributed by atoms with Crippen LogP contribution in [0.3, 0.4) is 0 Å². The Bertz CT molecular complexity index is 901. The van der Waals surface area contributed by atoms with E-state index >= 15 is 0 Å². The minimum Gasteiger partial charge on any atom is -0.330 e. The summed E-state index contributed by atoms with van der Waals surface area (Å²) in [5.41, 5.74) is 2.63. The lowest BCUT2D eigenvalue weighted by molar-refractivity contribution is -0.115. The molecule has 1 amide bonds. The molecule has 5 nitrogen and oxygen atoms in total. The van der Waals surface area contributed by atoms with Crippen molar-refractivity contribution in [1.82, 2.24) is 10.2 Å². The normalized spacial score (nSPS) is 11.8. The molecule has 0 radical (unpaired) electrons. The Labute approximate surface area is 165 Å². The van der Waals surface area contributed by atoms with Crippen LogP contribution >= 0.6 is 34.7 Å². The van der Waals surface area contributed by atoms with Gasteiger partial charge in [0, 0.05) is 16.4 Å². The number of halogens is 1. The zero-order valence-electron chi connectivity index (χ0n) is 14.2. The Morgan fingerprint density at radius 3 is 2.73 bits per heavy atom. The molecule has 2 aromatic carbocycles. The van der Waals surface area contributed by atoms with Crippen molar-refractivity contribution < 1.29 is 4.79 Å².